The summed E-state index contributed by atoms with van der Waals surface area (Å²) in [6.07, 6.45) is 6.35. The van der Waals surface area contributed by atoms with Gasteiger partial charge in [0.2, 0.25) is 0 Å². The van der Waals surface area contributed by atoms with Gasteiger partial charge in [0.1, 0.15) is 16.4 Å². The molecule has 3 aromatic heterocycles. The molecule has 0 spiro atoms. The van der Waals surface area contributed by atoms with Crippen molar-refractivity contribution in [2.24, 2.45) is 5.73 Å². The number of amides is 1. The molecule has 1 amide bonds. The smallest absolute Gasteiger partial charge is 0.260 e. The molecular weight excluding hydrogens is 367 g/mol. The summed E-state index contributed by atoms with van der Waals surface area (Å²) < 4.78 is 13.9. The molecule has 4 heterocycles. The van der Waals surface area contributed by atoms with Crippen LogP contribution in [-0.4, -0.2) is 35.0 Å². The van der Waals surface area contributed by atoms with Crippen molar-refractivity contribution in [3.63, 3.8) is 0 Å². The third kappa shape index (κ3) is 3.43. The first kappa shape index (κ1) is 17.6. The molecule has 0 bridgehead atoms. The molecule has 0 unspecified atom stereocenters. The Balaban J connectivity index is 1.65. The van der Waals surface area contributed by atoms with Crippen LogP contribution >= 0.6 is 11.3 Å². The summed E-state index contributed by atoms with van der Waals surface area (Å²) in [7, 11) is 0. The van der Waals surface area contributed by atoms with E-state index in [1.807, 2.05) is 6.07 Å². The second-order valence-corrected chi connectivity index (χ2v) is 7.62. The lowest BCUT2D eigenvalue weighted by Crippen LogP contribution is -2.43. The van der Waals surface area contributed by atoms with Crippen molar-refractivity contribution < 1.29 is 9.18 Å². The number of thiophene rings is 1. The van der Waals surface area contributed by atoms with Crippen LogP contribution in [0.3, 0.4) is 0 Å². The number of hydrogen-bond acceptors (Lipinski definition) is 7. The number of nitrogens with two attached hydrogens (primary N) is 2. The fourth-order valence-electron chi connectivity index (χ4n) is 3.36. The van der Waals surface area contributed by atoms with E-state index in [9.17, 15) is 9.18 Å². The topological polar surface area (TPSA) is 110 Å². The van der Waals surface area contributed by atoms with Crippen molar-refractivity contribution in [1.82, 2.24) is 9.97 Å². The first-order chi connectivity index (χ1) is 13.0. The second kappa shape index (κ2) is 7.09. The van der Waals surface area contributed by atoms with Gasteiger partial charge in [-0.2, -0.15) is 0 Å². The first-order valence-electron chi connectivity index (χ1n) is 8.62. The number of fused-ring (bicyclic) bond motifs is 1. The average molecular weight is 386 g/mol. The molecule has 4 rings (SSSR count). The van der Waals surface area contributed by atoms with Gasteiger partial charge >= 0.3 is 0 Å². The number of rotatable bonds is 3. The van der Waals surface area contributed by atoms with Gasteiger partial charge in [0, 0.05) is 25.3 Å². The largest absolute Gasteiger partial charge is 0.390 e. The molecule has 1 aliphatic heterocycles. The van der Waals surface area contributed by atoms with E-state index in [1.165, 1.54) is 6.07 Å². The van der Waals surface area contributed by atoms with E-state index in [-0.39, 0.29) is 11.6 Å². The maximum absolute atomic E-state index is 13.4. The molecular formula is C18H19FN6OS. The van der Waals surface area contributed by atoms with E-state index in [0.29, 0.717) is 20.9 Å². The van der Waals surface area contributed by atoms with E-state index in [1.54, 1.807) is 12.4 Å². The summed E-state index contributed by atoms with van der Waals surface area (Å²) in [5, 5.41) is 3.18. The summed E-state index contributed by atoms with van der Waals surface area (Å²) in [5.74, 6) is -0.861. The Morgan fingerprint density at radius 2 is 2.26 bits per heavy atom. The molecule has 1 fully saturated rings. The Morgan fingerprint density at radius 1 is 1.41 bits per heavy atom. The fraction of sp³-hybridized carbons (Fsp3) is 0.278. The van der Waals surface area contributed by atoms with Gasteiger partial charge in [0.05, 0.1) is 34.0 Å². The van der Waals surface area contributed by atoms with Crippen LogP contribution in [0.25, 0.3) is 10.2 Å². The minimum atomic E-state index is -0.466. The zero-order chi connectivity index (χ0) is 19.0. The number of carbonyl (C=O) groups is 1. The standard InChI is InChI=1S/C18H19FN6OS/c19-10-6-14-16(23-7-10)15(17(21)27-14)18(26)24-12-8-22-4-3-13(12)25-5-1-2-11(20)9-25/h3-4,6-8,11H,1-2,5,9,20-21H2,(H,24,26)/t11-/m1/s1. The number of aromatic nitrogens is 2. The SMILES string of the molecule is Nc1sc2cc(F)cnc2c1C(=O)Nc1cnccc1N1CCC[C@@H](N)C1. The molecule has 0 aliphatic carbocycles. The summed E-state index contributed by atoms with van der Waals surface area (Å²) >= 11 is 1.14. The second-order valence-electron chi connectivity index (χ2n) is 6.54. The zero-order valence-electron chi connectivity index (χ0n) is 14.5. The van der Waals surface area contributed by atoms with Crippen LogP contribution in [0.2, 0.25) is 0 Å². The highest BCUT2D eigenvalue weighted by Crippen LogP contribution is 2.34. The van der Waals surface area contributed by atoms with Gasteiger partial charge in [-0.1, -0.05) is 0 Å². The van der Waals surface area contributed by atoms with E-state index in [0.717, 1.165) is 49.2 Å². The molecule has 7 nitrogen and oxygen atoms in total. The van der Waals surface area contributed by atoms with Crippen LogP contribution in [0.4, 0.5) is 20.8 Å². The molecule has 5 N–H and O–H groups in total. The summed E-state index contributed by atoms with van der Waals surface area (Å²) in [4.78, 5) is 23.2. The number of halogens is 1. The summed E-state index contributed by atoms with van der Waals surface area (Å²) in [6, 6.07) is 3.28. The lowest BCUT2D eigenvalue weighted by atomic mass is 10.1. The summed E-state index contributed by atoms with van der Waals surface area (Å²) in [5.41, 5.74) is 14.2. The quantitative estimate of drug-likeness (QED) is 0.638. The van der Waals surface area contributed by atoms with Crippen LogP contribution in [0.1, 0.15) is 23.2 Å². The van der Waals surface area contributed by atoms with Gasteiger partial charge in [-0.25, -0.2) is 4.39 Å². The lowest BCUT2D eigenvalue weighted by molar-refractivity contribution is 0.102. The van der Waals surface area contributed by atoms with E-state index >= 15 is 0 Å². The molecule has 0 radical (unpaired) electrons. The lowest BCUT2D eigenvalue weighted by Gasteiger charge is -2.33. The number of hydrogen-bond donors (Lipinski definition) is 3. The van der Waals surface area contributed by atoms with Crippen molar-refractivity contribution in [2.45, 2.75) is 18.9 Å². The molecule has 0 saturated carbocycles. The molecule has 0 aromatic carbocycles. The van der Waals surface area contributed by atoms with Crippen LogP contribution in [0, 0.1) is 5.82 Å². The van der Waals surface area contributed by atoms with Crippen LogP contribution < -0.4 is 21.7 Å². The predicted octanol–water partition coefficient (Wildman–Crippen LogP) is 2.59. The van der Waals surface area contributed by atoms with Crippen LogP contribution in [-0.2, 0) is 0 Å². The van der Waals surface area contributed by atoms with E-state index in [4.69, 9.17) is 11.5 Å². The highest BCUT2D eigenvalue weighted by Gasteiger charge is 2.23. The van der Waals surface area contributed by atoms with Crippen molar-refractivity contribution in [3.8, 4) is 0 Å². The normalized spacial score (nSPS) is 17.3. The van der Waals surface area contributed by atoms with Gasteiger partial charge in [0.15, 0.2) is 0 Å². The molecule has 140 valence electrons. The maximum atomic E-state index is 13.4. The van der Waals surface area contributed by atoms with Gasteiger partial charge in [-0.15, -0.1) is 11.3 Å². The van der Waals surface area contributed by atoms with Crippen LogP contribution in [0.15, 0.2) is 30.7 Å². The monoisotopic (exact) mass is 386 g/mol. The molecule has 3 aromatic rings. The number of nitrogens with zero attached hydrogens (tertiary/aromatic N) is 3. The minimum absolute atomic E-state index is 0.103. The third-order valence-electron chi connectivity index (χ3n) is 4.59. The van der Waals surface area contributed by atoms with Crippen molar-refractivity contribution in [1.29, 1.82) is 0 Å². The number of nitrogens with one attached hydrogen (secondary N) is 1. The minimum Gasteiger partial charge on any atom is -0.390 e. The molecule has 1 saturated heterocycles. The van der Waals surface area contributed by atoms with Gasteiger partial charge in [-0.3, -0.25) is 14.8 Å². The predicted molar refractivity (Wildman–Crippen MR) is 106 cm³/mol. The number of nitrogen functional groups attached to an aromatic ring is 1. The maximum Gasteiger partial charge on any atom is 0.260 e. The molecule has 1 atom stereocenters. The number of anilines is 3. The van der Waals surface area contributed by atoms with Gasteiger partial charge in [0.25, 0.3) is 5.91 Å². The Hall–Kier alpha value is -2.78. The average Bonchev–Trinajstić information content (AvgIpc) is 2.97. The van der Waals surface area contributed by atoms with E-state index < -0.39 is 11.7 Å². The molecule has 1 aliphatic rings. The van der Waals surface area contributed by atoms with E-state index in [2.05, 4.69) is 20.2 Å². The number of pyridine rings is 2. The van der Waals surface area contributed by atoms with Crippen molar-refractivity contribution in [2.75, 3.05) is 29.0 Å². The van der Waals surface area contributed by atoms with Crippen molar-refractivity contribution >= 4 is 43.8 Å². The Morgan fingerprint density at radius 3 is 3.07 bits per heavy atom. The Kier molecular flexibility index (Phi) is 4.63. The Bertz CT molecular complexity index is 1010. The van der Waals surface area contributed by atoms with Crippen LogP contribution in [0.5, 0.6) is 0 Å². The molecule has 27 heavy (non-hydrogen) atoms. The fourth-order valence-corrected chi connectivity index (χ4v) is 4.32. The van der Waals surface area contributed by atoms with Gasteiger partial charge in [-0.05, 0) is 25.0 Å². The molecule has 9 heteroatoms. The van der Waals surface area contributed by atoms with Crippen molar-refractivity contribution in [3.05, 3.63) is 42.1 Å². The zero-order valence-corrected chi connectivity index (χ0v) is 15.3. The highest BCUT2D eigenvalue weighted by atomic mass is 32.1. The van der Waals surface area contributed by atoms with Gasteiger partial charge < -0.3 is 21.7 Å². The third-order valence-corrected chi connectivity index (χ3v) is 5.55. The first-order valence-corrected chi connectivity index (χ1v) is 9.44. The Labute approximate surface area is 159 Å². The number of piperidine rings is 1. The highest BCUT2D eigenvalue weighted by molar-refractivity contribution is 7.23. The summed E-state index contributed by atoms with van der Waals surface area (Å²) in [6.45, 7) is 1.59. The number of carbonyl (C=O) groups excluding carboxylic acids is 1.